The topological polar surface area (TPSA) is 77.4 Å². The second kappa shape index (κ2) is 9.33. The average Bonchev–Trinajstić information content (AvgIpc) is 2.36. The minimum Gasteiger partial charge on any atom is -0.550 e. The van der Waals surface area contributed by atoms with Crippen LogP contribution in [-0.4, -0.2) is 17.0 Å². The number of carbonyl (C=O) groups excluding carboxylic acids is 1. The Morgan fingerprint density at radius 3 is 1.85 bits per heavy atom. The molecule has 0 radical (unpaired) electrons. The van der Waals surface area contributed by atoms with Gasteiger partial charge in [-0.3, -0.25) is 4.79 Å². The van der Waals surface area contributed by atoms with Crippen LogP contribution >= 0.6 is 11.3 Å². The number of carboxylic acid groups (broad SMARTS) is 2. The van der Waals surface area contributed by atoms with Crippen molar-refractivity contribution in [1.29, 1.82) is 0 Å². The Morgan fingerprint density at radius 1 is 1.31 bits per heavy atom. The zero-order valence-corrected chi connectivity index (χ0v) is 7.91. The molecule has 0 aliphatic heterocycles. The van der Waals surface area contributed by atoms with Crippen LogP contribution in [0.5, 0.6) is 0 Å². The Balaban J connectivity index is 0. The first-order chi connectivity index (χ1) is 5.63. The van der Waals surface area contributed by atoms with E-state index in [2.05, 4.69) is 0 Å². The third-order valence-corrected chi connectivity index (χ3v) is 1.35. The quantitative estimate of drug-likeness (QED) is 0.401. The number of thiophene rings is 1. The van der Waals surface area contributed by atoms with E-state index in [1.165, 1.54) is 0 Å². The first-order valence-electron chi connectivity index (χ1n) is 3.01. The number of hydrogen-bond acceptors (Lipinski definition) is 4. The van der Waals surface area contributed by atoms with Gasteiger partial charge in [-0.1, -0.05) is 12.1 Å². The molecule has 0 saturated heterocycles. The van der Waals surface area contributed by atoms with Gasteiger partial charge in [0.1, 0.15) is 0 Å². The summed E-state index contributed by atoms with van der Waals surface area (Å²) < 4.78 is 0. The van der Waals surface area contributed by atoms with Crippen molar-refractivity contribution < 1.29 is 38.7 Å². The zero-order valence-electron chi connectivity index (χ0n) is 7.10. The molecule has 0 spiro atoms. The standard InChI is InChI=1S/C4H4S.C3H4O4.Li/c1-2-4-5-3-1;4-2(5)1-3(6)7;/h1-4H;1H2,(H,4,5)(H,6,7);/q;;+1/p-1. The number of hydrogen-bond donors (Lipinski definition) is 1. The van der Waals surface area contributed by atoms with Crippen molar-refractivity contribution >= 4 is 23.3 Å². The minimum absolute atomic E-state index is 0. The van der Waals surface area contributed by atoms with Crippen molar-refractivity contribution in [2.75, 3.05) is 0 Å². The van der Waals surface area contributed by atoms with Gasteiger partial charge in [-0.2, -0.15) is 11.3 Å². The van der Waals surface area contributed by atoms with Crippen LogP contribution in [-0.2, 0) is 9.59 Å². The number of carbonyl (C=O) groups is 2. The molecule has 0 atom stereocenters. The fourth-order valence-electron chi connectivity index (χ4n) is 0.350. The maximum atomic E-state index is 9.39. The normalized spacial score (nSPS) is 7.38. The smallest absolute Gasteiger partial charge is 0.550 e. The van der Waals surface area contributed by atoms with E-state index in [0.717, 1.165) is 0 Å². The van der Waals surface area contributed by atoms with E-state index in [-0.39, 0.29) is 18.9 Å². The molecule has 0 saturated carbocycles. The van der Waals surface area contributed by atoms with Crippen LogP contribution in [0.25, 0.3) is 0 Å². The molecule has 0 fully saturated rings. The Bertz CT molecular complexity index is 205. The summed E-state index contributed by atoms with van der Waals surface area (Å²) in [6.45, 7) is 0. The van der Waals surface area contributed by atoms with Gasteiger partial charge in [0.05, 0.1) is 12.4 Å². The molecule has 0 bridgehead atoms. The van der Waals surface area contributed by atoms with E-state index in [1.807, 2.05) is 22.9 Å². The van der Waals surface area contributed by atoms with Crippen molar-refractivity contribution in [1.82, 2.24) is 0 Å². The van der Waals surface area contributed by atoms with Gasteiger partial charge in [0.2, 0.25) is 0 Å². The molecule has 4 nitrogen and oxygen atoms in total. The minimum atomic E-state index is -1.56. The summed E-state index contributed by atoms with van der Waals surface area (Å²) in [5, 5.41) is 21.1. The summed E-state index contributed by atoms with van der Waals surface area (Å²) in [6, 6.07) is 4.04. The predicted molar refractivity (Wildman–Crippen MR) is 41.6 cm³/mol. The zero-order chi connectivity index (χ0) is 9.40. The molecule has 1 rings (SSSR count). The summed E-state index contributed by atoms with van der Waals surface area (Å²) in [5.41, 5.74) is 0. The van der Waals surface area contributed by atoms with Crippen LogP contribution in [0.1, 0.15) is 6.42 Å². The third-order valence-electron chi connectivity index (χ3n) is 0.721. The van der Waals surface area contributed by atoms with E-state index < -0.39 is 18.4 Å². The third kappa shape index (κ3) is 14.1. The van der Waals surface area contributed by atoms with Crippen molar-refractivity contribution in [3.05, 3.63) is 22.9 Å². The van der Waals surface area contributed by atoms with Gasteiger partial charge in [0.25, 0.3) is 0 Å². The van der Waals surface area contributed by atoms with Gasteiger partial charge in [0.15, 0.2) is 0 Å². The fourth-order valence-corrected chi connectivity index (χ4v) is 0.804. The Morgan fingerprint density at radius 2 is 1.77 bits per heavy atom. The van der Waals surface area contributed by atoms with Gasteiger partial charge in [-0.05, 0) is 10.8 Å². The van der Waals surface area contributed by atoms with Gasteiger partial charge < -0.3 is 15.0 Å². The van der Waals surface area contributed by atoms with E-state index in [0.29, 0.717) is 0 Å². The molecule has 13 heavy (non-hydrogen) atoms. The molecule has 0 aliphatic carbocycles. The Kier molecular flexibility index (Phi) is 10.6. The van der Waals surface area contributed by atoms with E-state index in [4.69, 9.17) is 5.11 Å². The summed E-state index contributed by atoms with van der Waals surface area (Å²) in [5.74, 6) is -2.94. The maximum absolute atomic E-state index is 9.39. The van der Waals surface area contributed by atoms with Crippen LogP contribution in [0.3, 0.4) is 0 Å². The van der Waals surface area contributed by atoms with Crippen LogP contribution in [0.15, 0.2) is 22.9 Å². The molecule has 1 N–H and O–H groups in total. The van der Waals surface area contributed by atoms with E-state index in [9.17, 15) is 14.7 Å². The Hall–Kier alpha value is -0.763. The van der Waals surface area contributed by atoms with Crippen molar-refractivity contribution in [3.8, 4) is 0 Å². The van der Waals surface area contributed by atoms with Gasteiger partial charge in [-0.25, -0.2) is 0 Å². The Labute approximate surface area is 91.4 Å². The van der Waals surface area contributed by atoms with Crippen molar-refractivity contribution in [2.45, 2.75) is 6.42 Å². The number of carboxylic acids is 2. The van der Waals surface area contributed by atoms with Gasteiger partial charge in [0, 0.05) is 0 Å². The van der Waals surface area contributed by atoms with Gasteiger partial charge >= 0.3 is 24.8 Å². The second-order valence-electron chi connectivity index (χ2n) is 1.74. The first kappa shape index (κ1) is 14.7. The van der Waals surface area contributed by atoms with Crippen LogP contribution in [0.4, 0.5) is 0 Å². The average molecular weight is 194 g/mol. The first-order valence-corrected chi connectivity index (χ1v) is 3.96. The molecule has 1 aromatic rings. The SMILES string of the molecule is O=C([O-])CC(=O)O.[Li+].c1ccsc1. The van der Waals surface area contributed by atoms with Crippen molar-refractivity contribution in [2.24, 2.45) is 0 Å². The molecule has 1 heterocycles. The van der Waals surface area contributed by atoms with Crippen LogP contribution in [0, 0.1) is 0 Å². The van der Waals surface area contributed by atoms with Crippen molar-refractivity contribution in [3.63, 3.8) is 0 Å². The van der Waals surface area contributed by atoms with Crippen LogP contribution in [0.2, 0.25) is 0 Å². The second-order valence-corrected chi connectivity index (χ2v) is 2.55. The molecule has 66 valence electrons. The molecule has 0 aliphatic rings. The van der Waals surface area contributed by atoms with Gasteiger partial charge in [-0.15, -0.1) is 0 Å². The number of aliphatic carboxylic acids is 2. The molecule has 0 unspecified atom stereocenters. The predicted octanol–water partition coefficient (Wildman–Crippen LogP) is -3.04. The summed E-state index contributed by atoms with van der Waals surface area (Å²) in [6.07, 6.45) is -0.917. The number of rotatable bonds is 2. The molecule has 0 amide bonds. The molecule has 6 heteroatoms. The molecular formula is C7H7LiO4S. The fraction of sp³-hybridized carbons (Fsp3) is 0.143. The molecule has 1 aromatic heterocycles. The summed E-state index contributed by atoms with van der Waals surface area (Å²) in [4.78, 5) is 18.7. The maximum Gasteiger partial charge on any atom is 1.00 e. The summed E-state index contributed by atoms with van der Waals surface area (Å²) in [7, 11) is 0. The van der Waals surface area contributed by atoms with E-state index >= 15 is 0 Å². The van der Waals surface area contributed by atoms with Crippen LogP contribution < -0.4 is 24.0 Å². The monoisotopic (exact) mass is 194 g/mol. The largest absolute Gasteiger partial charge is 1.00 e. The van der Waals surface area contributed by atoms with E-state index in [1.54, 1.807) is 11.3 Å². The molecular weight excluding hydrogens is 187 g/mol. The molecule has 0 aromatic carbocycles. The summed E-state index contributed by atoms with van der Waals surface area (Å²) >= 11 is 1.71.